The van der Waals surface area contributed by atoms with Crippen LogP contribution in [0.25, 0.3) is 11.1 Å². The third-order valence-corrected chi connectivity index (χ3v) is 3.04. The Kier molecular flexibility index (Phi) is 2.80. The molecule has 2 N–H and O–H groups in total. The highest BCUT2D eigenvalue weighted by Crippen LogP contribution is 2.32. The molecule has 0 bridgehead atoms. The van der Waals surface area contributed by atoms with Crippen molar-refractivity contribution in [3.63, 3.8) is 0 Å². The second-order valence-electron chi connectivity index (χ2n) is 4.45. The first kappa shape index (κ1) is 11.5. The Balaban J connectivity index is 2.64. The molecule has 0 fully saturated rings. The molecule has 0 aromatic heterocycles. The average Bonchev–Trinajstić information content (AvgIpc) is 2.24. The largest absolute Gasteiger partial charge is 0.508 e. The Hall–Kier alpha value is -1.96. The van der Waals surface area contributed by atoms with Crippen LogP contribution in [0.1, 0.15) is 16.7 Å². The van der Waals surface area contributed by atoms with Crippen molar-refractivity contribution < 1.29 is 10.2 Å². The molecule has 0 radical (unpaired) electrons. The van der Waals surface area contributed by atoms with Gasteiger partial charge in [-0.25, -0.2) is 0 Å². The maximum atomic E-state index is 9.78. The fourth-order valence-electron chi connectivity index (χ4n) is 2.08. The molecule has 0 aliphatic heterocycles. The molecule has 0 saturated heterocycles. The predicted molar refractivity (Wildman–Crippen MR) is 69.4 cm³/mol. The Morgan fingerprint density at radius 2 is 1.35 bits per heavy atom. The SMILES string of the molecule is Cc1cc(C)c(-c2ccc(O)cc2C)cc1O. The van der Waals surface area contributed by atoms with E-state index < -0.39 is 0 Å². The lowest BCUT2D eigenvalue weighted by Gasteiger charge is -2.12. The van der Waals surface area contributed by atoms with Crippen LogP contribution in [0.15, 0.2) is 30.3 Å². The van der Waals surface area contributed by atoms with E-state index in [1.807, 2.05) is 32.9 Å². The van der Waals surface area contributed by atoms with Crippen LogP contribution in [0.3, 0.4) is 0 Å². The van der Waals surface area contributed by atoms with Gasteiger partial charge >= 0.3 is 0 Å². The number of phenols is 2. The van der Waals surface area contributed by atoms with Crippen molar-refractivity contribution in [3.05, 3.63) is 47.0 Å². The van der Waals surface area contributed by atoms with E-state index in [2.05, 4.69) is 0 Å². The van der Waals surface area contributed by atoms with Crippen LogP contribution in [0.2, 0.25) is 0 Å². The minimum absolute atomic E-state index is 0.264. The van der Waals surface area contributed by atoms with Gasteiger partial charge in [0.15, 0.2) is 0 Å². The molecule has 2 nitrogen and oxygen atoms in total. The van der Waals surface area contributed by atoms with E-state index in [1.54, 1.807) is 18.2 Å². The minimum atomic E-state index is 0.264. The summed E-state index contributed by atoms with van der Waals surface area (Å²) in [5.74, 6) is 0.568. The van der Waals surface area contributed by atoms with Gasteiger partial charge in [0.05, 0.1) is 0 Å². The van der Waals surface area contributed by atoms with E-state index in [0.717, 1.165) is 27.8 Å². The highest BCUT2D eigenvalue weighted by atomic mass is 16.3. The quantitative estimate of drug-likeness (QED) is 0.781. The molecule has 88 valence electrons. The maximum Gasteiger partial charge on any atom is 0.119 e. The zero-order chi connectivity index (χ0) is 12.6. The number of rotatable bonds is 1. The number of aryl methyl sites for hydroxylation is 3. The summed E-state index contributed by atoms with van der Waals surface area (Å²) in [4.78, 5) is 0. The molecule has 0 unspecified atom stereocenters. The molecule has 2 rings (SSSR count). The minimum Gasteiger partial charge on any atom is -0.508 e. The van der Waals surface area contributed by atoms with Crippen molar-refractivity contribution in [2.24, 2.45) is 0 Å². The van der Waals surface area contributed by atoms with Gasteiger partial charge in [-0.05, 0) is 66.8 Å². The monoisotopic (exact) mass is 228 g/mol. The lowest BCUT2D eigenvalue weighted by Crippen LogP contribution is -1.88. The molecule has 0 heterocycles. The predicted octanol–water partition coefficient (Wildman–Crippen LogP) is 3.69. The molecule has 0 amide bonds. The van der Waals surface area contributed by atoms with Crippen LogP contribution in [0.5, 0.6) is 11.5 Å². The first-order chi connectivity index (χ1) is 7.99. The van der Waals surface area contributed by atoms with E-state index in [9.17, 15) is 10.2 Å². The third-order valence-electron chi connectivity index (χ3n) is 3.04. The fraction of sp³-hybridized carbons (Fsp3) is 0.200. The summed E-state index contributed by atoms with van der Waals surface area (Å²) in [6.45, 7) is 5.86. The van der Waals surface area contributed by atoms with Crippen LogP contribution < -0.4 is 0 Å². The number of hydrogen-bond donors (Lipinski definition) is 2. The van der Waals surface area contributed by atoms with Gasteiger partial charge in [0, 0.05) is 0 Å². The van der Waals surface area contributed by atoms with Gasteiger partial charge in [0.2, 0.25) is 0 Å². The summed E-state index contributed by atoms with van der Waals surface area (Å²) in [6.07, 6.45) is 0. The van der Waals surface area contributed by atoms with Gasteiger partial charge in [-0.15, -0.1) is 0 Å². The highest BCUT2D eigenvalue weighted by molar-refractivity contribution is 5.73. The molecule has 0 saturated carbocycles. The van der Waals surface area contributed by atoms with Crippen molar-refractivity contribution >= 4 is 0 Å². The van der Waals surface area contributed by atoms with E-state index in [-0.39, 0.29) is 5.75 Å². The van der Waals surface area contributed by atoms with Gasteiger partial charge < -0.3 is 10.2 Å². The number of aromatic hydroxyl groups is 2. The second kappa shape index (κ2) is 4.13. The first-order valence-electron chi connectivity index (χ1n) is 5.59. The van der Waals surface area contributed by atoms with E-state index in [4.69, 9.17) is 0 Å². The van der Waals surface area contributed by atoms with Crippen LogP contribution in [0, 0.1) is 20.8 Å². The summed E-state index contributed by atoms with van der Waals surface area (Å²) in [7, 11) is 0. The Bertz CT molecular complexity index is 571. The summed E-state index contributed by atoms with van der Waals surface area (Å²) in [5.41, 5.74) is 5.04. The summed E-state index contributed by atoms with van der Waals surface area (Å²) in [5, 5.41) is 19.2. The molecule has 2 heteroatoms. The normalized spacial score (nSPS) is 10.5. The smallest absolute Gasteiger partial charge is 0.119 e. The number of hydrogen-bond acceptors (Lipinski definition) is 2. The Morgan fingerprint density at radius 3 is 2.00 bits per heavy atom. The van der Waals surface area contributed by atoms with E-state index in [0.29, 0.717) is 5.75 Å². The summed E-state index contributed by atoms with van der Waals surface area (Å²) >= 11 is 0. The highest BCUT2D eigenvalue weighted by Gasteiger charge is 2.08. The zero-order valence-corrected chi connectivity index (χ0v) is 10.3. The Labute approximate surface area is 101 Å². The zero-order valence-electron chi connectivity index (χ0n) is 10.3. The van der Waals surface area contributed by atoms with Gasteiger partial charge in [0.25, 0.3) is 0 Å². The van der Waals surface area contributed by atoms with Crippen molar-refractivity contribution in [2.75, 3.05) is 0 Å². The molecule has 0 spiro atoms. The van der Waals surface area contributed by atoms with Crippen molar-refractivity contribution in [1.29, 1.82) is 0 Å². The molecule has 0 aliphatic carbocycles. The van der Waals surface area contributed by atoms with E-state index >= 15 is 0 Å². The van der Waals surface area contributed by atoms with Crippen LogP contribution in [-0.2, 0) is 0 Å². The topological polar surface area (TPSA) is 40.5 Å². The molecular formula is C15H16O2. The fourth-order valence-corrected chi connectivity index (χ4v) is 2.08. The maximum absolute atomic E-state index is 9.78. The average molecular weight is 228 g/mol. The molecule has 17 heavy (non-hydrogen) atoms. The van der Waals surface area contributed by atoms with Gasteiger partial charge in [-0.1, -0.05) is 12.1 Å². The Morgan fingerprint density at radius 1 is 0.706 bits per heavy atom. The lowest BCUT2D eigenvalue weighted by atomic mass is 9.95. The number of phenolic OH excluding ortho intramolecular Hbond substituents is 2. The molecular weight excluding hydrogens is 212 g/mol. The van der Waals surface area contributed by atoms with Crippen LogP contribution >= 0.6 is 0 Å². The van der Waals surface area contributed by atoms with Crippen molar-refractivity contribution in [3.8, 4) is 22.6 Å². The van der Waals surface area contributed by atoms with Crippen molar-refractivity contribution in [2.45, 2.75) is 20.8 Å². The van der Waals surface area contributed by atoms with Crippen LogP contribution in [0.4, 0.5) is 0 Å². The summed E-state index contributed by atoms with van der Waals surface area (Å²) in [6, 6.07) is 9.02. The molecule has 2 aromatic rings. The molecule has 2 aromatic carbocycles. The van der Waals surface area contributed by atoms with Gasteiger partial charge in [-0.2, -0.15) is 0 Å². The van der Waals surface area contributed by atoms with E-state index in [1.165, 1.54) is 0 Å². The molecule has 0 atom stereocenters. The van der Waals surface area contributed by atoms with Gasteiger partial charge in [-0.3, -0.25) is 0 Å². The van der Waals surface area contributed by atoms with Gasteiger partial charge in [0.1, 0.15) is 11.5 Å². The third kappa shape index (κ3) is 2.11. The first-order valence-corrected chi connectivity index (χ1v) is 5.59. The lowest BCUT2D eigenvalue weighted by molar-refractivity contribution is 0.471. The second-order valence-corrected chi connectivity index (χ2v) is 4.45. The molecule has 0 aliphatic rings. The summed E-state index contributed by atoms with van der Waals surface area (Å²) < 4.78 is 0. The standard InChI is InChI=1S/C15H16O2/c1-9-6-11(3)15(17)8-14(9)13-5-4-12(16)7-10(13)2/h4-8,16-17H,1-3H3. The van der Waals surface area contributed by atoms with Crippen LogP contribution in [-0.4, -0.2) is 10.2 Å². The van der Waals surface area contributed by atoms with Crippen molar-refractivity contribution in [1.82, 2.24) is 0 Å². The number of benzene rings is 2.